The first-order valence-electron chi connectivity index (χ1n) is 5.74. The van der Waals surface area contributed by atoms with Gasteiger partial charge in [-0.15, -0.1) is 0 Å². The van der Waals surface area contributed by atoms with E-state index in [1.54, 1.807) is 19.1 Å². The minimum atomic E-state index is -0.713. The number of β-amino-alcohol motifs (C(OH)–C–C–N with tert-alkyl or cyclic N) is 1. The number of carbonyl (C=O) groups is 2. The van der Waals surface area contributed by atoms with Crippen LogP contribution in [0.25, 0.3) is 0 Å². The SMILES string of the molecule is CCOC(=O)c1cccnc1N1CC(O)CC1=O. The molecule has 0 spiro atoms. The molecule has 0 saturated carbocycles. The molecule has 1 aliphatic rings. The zero-order chi connectivity index (χ0) is 13.1. The van der Waals surface area contributed by atoms with Crippen LogP contribution < -0.4 is 4.90 Å². The minimum absolute atomic E-state index is 0.0544. The molecule has 1 atom stereocenters. The second kappa shape index (κ2) is 5.14. The van der Waals surface area contributed by atoms with Crippen LogP contribution >= 0.6 is 0 Å². The third-order valence-corrected chi connectivity index (χ3v) is 2.64. The fourth-order valence-corrected chi connectivity index (χ4v) is 1.87. The summed E-state index contributed by atoms with van der Waals surface area (Å²) in [4.78, 5) is 28.8. The Hall–Kier alpha value is -1.95. The van der Waals surface area contributed by atoms with Crippen molar-refractivity contribution in [2.24, 2.45) is 0 Å². The maximum atomic E-state index is 11.7. The number of pyridine rings is 1. The van der Waals surface area contributed by atoms with Gasteiger partial charge >= 0.3 is 5.97 Å². The van der Waals surface area contributed by atoms with E-state index in [0.29, 0.717) is 0 Å². The van der Waals surface area contributed by atoms with Gasteiger partial charge in [-0.05, 0) is 19.1 Å². The molecule has 0 radical (unpaired) electrons. The van der Waals surface area contributed by atoms with Gasteiger partial charge in [0.05, 0.1) is 25.7 Å². The van der Waals surface area contributed by atoms with Gasteiger partial charge in [-0.3, -0.25) is 9.69 Å². The lowest BCUT2D eigenvalue weighted by atomic mass is 10.2. The van der Waals surface area contributed by atoms with E-state index in [-0.39, 0.29) is 36.9 Å². The van der Waals surface area contributed by atoms with E-state index in [4.69, 9.17) is 4.74 Å². The Morgan fingerprint density at radius 3 is 3.06 bits per heavy atom. The molecule has 6 heteroatoms. The van der Waals surface area contributed by atoms with Crippen molar-refractivity contribution in [1.82, 2.24) is 4.98 Å². The first-order chi connectivity index (χ1) is 8.63. The lowest BCUT2D eigenvalue weighted by Crippen LogP contribution is -2.28. The molecule has 1 amide bonds. The van der Waals surface area contributed by atoms with Gasteiger partial charge in [0.15, 0.2) is 0 Å². The molecule has 18 heavy (non-hydrogen) atoms. The van der Waals surface area contributed by atoms with Crippen molar-refractivity contribution >= 4 is 17.7 Å². The summed E-state index contributed by atoms with van der Waals surface area (Å²) in [6.07, 6.45) is 0.837. The van der Waals surface area contributed by atoms with Gasteiger partial charge in [0.1, 0.15) is 11.4 Å². The Morgan fingerprint density at radius 2 is 2.44 bits per heavy atom. The highest BCUT2D eigenvalue weighted by atomic mass is 16.5. The summed E-state index contributed by atoms with van der Waals surface area (Å²) in [7, 11) is 0. The molecule has 1 saturated heterocycles. The molecule has 1 aromatic heterocycles. The van der Waals surface area contributed by atoms with E-state index in [9.17, 15) is 14.7 Å². The minimum Gasteiger partial charge on any atom is -0.462 e. The average Bonchev–Trinajstić information content (AvgIpc) is 2.69. The van der Waals surface area contributed by atoms with Gasteiger partial charge in [-0.25, -0.2) is 9.78 Å². The number of anilines is 1. The van der Waals surface area contributed by atoms with Crippen molar-refractivity contribution in [2.45, 2.75) is 19.4 Å². The third-order valence-electron chi connectivity index (χ3n) is 2.64. The summed E-state index contributed by atoms with van der Waals surface area (Å²) in [6, 6.07) is 3.16. The van der Waals surface area contributed by atoms with Crippen LogP contribution in [0, 0.1) is 0 Å². The fourth-order valence-electron chi connectivity index (χ4n) is 1.87. The van der Waals surface area contributed by atoms with Crippen molar-refractivity contribution in [2.75, 3.05) is 18.1 Å². The second-order valence-corrected chi connectivity index (χ2v) is 3.96. The molecule has 1 unspecified atom stereocenters. The molecule has 96 valence electrons. The molecule has 2 heterocycles. The Bertz CT molecular complexity index is 475. The van der Waals surface area contributed by atoms with Crippen molar-refractivity contribution in [1.29, 1.82) is 0 Å². The molecule has 6 nitrogen and oxygen atoms in total. The van der Waals surface area contributed by atoms with Crippen LogP contribution in [0.2, 0.25) is 0 Å². The van der Waals surface area contributed by atoms with Gasteiger partial charge in [0.2, 0.25) is 5.91 Å². The summed E-state index contributed by atoms with van der Waals surface area (Å²) in [5.41, 5.74) is 0.238. The van der Waals surface area contributed by atoms with Crippen LogP contribution in [0.5, 0.6) is 0 Å². The van der Waals surface area contributed by atoms with E-state index >= 15 is 0 Å². The van der Waals surface area contributed by atoms with Crippen LogP contribution in [-0.2, 0) is 9.53 Å². The molecule has 1 N–H and O–H groups in total. The number of carbonyl (C=O) groups excluding carboxylic acids is 2. The van der Waals surface area contributed by atoms with Gasteiger partial charge in [0, 0.05) is 6.20 Å². The third kappa shape index (κ3) is 2.33. The highest BCUT2D eigenvalue weighted by molar-refractivity contribution is 6.02. The number of aliphatic hydroxyl groups excluding tert-OH is 1. The maximum Gasteiger partial charge on any atom is 0.341 e. The summed E-state index contributed by atoms with van der Waals surface area (Å²) >= 11 is 0. The average molecular weight is 250 g/mol. The number of hydrogen-bond acceptors (Lipinski definition) is 5. The van der Waals surface area contributed by atoms with Gasteiger partial charge < -0.3 is 9.84 Å². The molecular weight excluding hydrogens is 236 g/mol. The number of aromatic nitrogens is 1. The van der Waals surface area contributed by atoms with Crippen LogP contribution in [0.15, 0.2) is 18.3 Å². The lowest BCUT2D eigenvalue weighted by molar-refractivity contribution is -0.117. The number of ether oxygens (including phenoxy) is 1. The Morgan fingerprint density at radius 1 is 1.67 bits per heavy atom. The Kier molecular flexibility index (Phi) is 3.57. The molecular formula is C12H14N2O4. The number of esters is 1. The zero-order valence-electron chi connectivity index (χ0n) is 10.00. The topological polar surface area (TPSA) is 79.7 Å². The normalized spacial score (nSPS) is 19.1. The number of hydrogen-bond donors (Lipinski definition) is 1. The monoisotopic (exact) mass is 250 g/mol. The number of amides is 1. The van der Waals surface area contributed by atoms with Crippen molar-refractivity contribution in [3.8, 4) is 0 Å². The van der Waals surface area contributed by atoms with Crippen molar-refractivity contribution < 1.29 is 19.4 Å². The lowest BCUT2D eigenvalue weighted by Gasteiger charge is -2.17. The molecule has 1 aliphatic heterocycles. The fraction of sp³-hybridized carbons (Fsp3) is 0.417. The standard InChI is InChI=1S/C12H14N2O4/c1-2-18-12(17)9-4-3-5-13-11(9)14-7-8(15)6-10(14)16/h3-5,8,15H,2,6-7H2,1H3. The van der Waals surface area contributed by atoms with Gasteiger partial charge in [0.25, 0.3) is 0 Å². The molecule has 1 aromatic rings. The molecule has 1 fully saturated rings. The largest absolute Gasteiger partial charge is 0.462 e. The highest BCUT2D eigenvalue weighted by Gasteiger charge is 2.32. The zero-order valence-corrected chi connectivity index (χ0v) is 10.00. The predicted octanol–water partition coefficient (Wildman–Crippen LogP) is 0.356. The summed E-state index contributed by atoms with van der Waals surface area (Å²) in [6.45, 7) is 2.12. The molecule has 0 aromatic carbocycles. The van der Waals surface area contributed by atoms with Crippen molar-refractivity contribution in [3.63, 3.8) is 0 Å². The maximum absolute atomic E-state index is 11.7. The molecule has 0 aliphatic carbocycles. The summed E-state index contributed by atoms with van der Waals surface area (Å²) < 4.78 is 4.91. The first kappa shape index (κ1) is 12.5. The van der Waals surface area contributed by atoms with Crippen LogP contribution in [0.4, 0.5) is 5.82 Å². The number of nitrogens with zero attached hydrogens (tertiary/aromatic N) is 2. The predicted molar refractivity (Wildman–Crippen MR) is 63.2 cm³/mol. The van der Waals surface area contributed by atoms with Gasteiger partial charge in [-0.1, -0.05) is 0 Å². The Labute approximate surface area is 104 Å². The number of rotatable bonds is 3. The first-order valence-corrected chi connectivity index (χ1v) is 5.74. The quantitative estimate of drug-likeness (QED) is 0.783. The highest BCUT2D eigenvalue weighted by Crippen LogP contribution is 2.23. The van der Waals surface area contributed by atoms with Crippen molar-refractivity contribution in [3.05, 3.63) is 23.9 Å². The van der Waals surface area contributed by atoms with E-state index in [2.05, 4.69) is 4.98 Å². The van der Waals surface area contributed by atoms with Crippen LogP contribution in [-0.4, -0.2) is 41.2 Å². The second-order valence-electron chi connectivity index (χ2n) is 3.96. The summed E-state index contributed by atoms with van der Waals surface area (Å²) in [5, 5.41) is 9.46. The van der Waals surface area contributed by atoms with E-state index < -0.39 is 12.1 Å². The molecule has 0 bridgehead atoms. The van der Waals surface area contributed by atoms with E-state index in [1.165, 1.54) is 11.1 Å². The number of aliphatic hydroxyl groups is 1. The molecule has 2 rings (SSSR count). The van der Waals surface area contributed by atoms with E-state index in [1.807, 2.05) is 0 Å². The van der Waals surface area contributed by atoms with Crippen LogP contribution in [0.1, 0.15) is 23.7 Å². The smallest absolute Gasteiger partial charge is 0.341 e. The Balaban J connectivity index is 2.33. The summed E-state index contributed by atoms with van der Waals surface area (Å²) in [5.74, 6) is -0.515. The van der Waals surface area contributed by atoms with Gasteiger partial charge in [-0.2, -0.15) is 0 Å². The van der Waals surface area contributed by atoms with E-state index in [0.717, 1.165) is 0 Å². The van der Waals surface area contributed by atoms with Crippen LogP contribution in [0.3, 0.4) is 0 Å².